The van der Waals surface area contributed by atoms with Crippen LogP contribution in [0, 0.1) is 0 Å². The molecule has 0 radical (unpaired) electrons. The second-order valence-electron chi connectivity index (χ2n) is 3.68. The molecule has 0 saturated carbocycles. The number of pyridine rings is 1. The third-order valence-corrected chi connectivity index (χ3v) is 3.28. The molecule has 1 amide bonds. The number of amides is 1. The number of nitrogens with zero attached hydrogens (tertiary/aromatic N) is 1. The molecule has 0 aliphatic carbocycles. The first-order valence-electron chi connectivity index (χ1n) is 5.53. The minimum absolute atomic E-state index is 0.0280. The van der Waals surface area contributed by atoms with Gasteiger partial charge in [-0.2, -0.15) is 0 Å². The van der Waals surface area contributed by atoms with Gasteiger partial charge in [-0.15, -0.1) is 11.3 Å². The van der Waals surface area contributed by atoms with Crippen molar-refractivity contribution in [1.29, 1.82) is 0 Å². The van der Waals surface area contributed by atoms with Gasteiger partial charge in [0.25, 0.3) is 0 Å². The molecule has 2 aromatic heterocycles. The number of nitrogens with one attached hydrogen (secondary N) is 1. The fourth-order valence-corrected chi connectivity index (χ4v) is 2.22. The molecular weight excluding hydrogens is 232 g/mol. The van der Waals surface area contributed by atoms with Crippen molar-refractivity contribution in [2.75, 3.05) is 6.54 Å². The highest BCUT2D eigenvalue weighted by Gasteiger charge is 2.03. The summed E-state index contributed by atoms with van der Waals surface area (Å²) in [4.78, 5) is 17.0. The summed E-state index contributed by atoms with van der Waals surface area (Å²) in [6.45, 7) is 0.687. The Bertz CT molecular complexity index is 454. The van der Waals surface area contributed by atoms with E-state index in [0.717, 1.165) is 12.1 Å². The quantitative estimate of drug-likeness (QED) is 0.877. The Morgan fingerprint density at radius 3 is 2.94 bits per heavy atom. The minimum atomic E-state index is 0.0280. The molecular formula is C13H14N2OS. The van der Waals surface area contributed by atoms with E-state index in [1.54, 1.807) is 17.5 Å². The Hall–Kier alpha value is -1.68. The van der Waals surface area contributed by atoms with Crippen molar-refractivity contribution >= 4 is 17.2 Å². The Labute approximate surface area is 105 Å². The second kappa shape index (κ2) is 6.15. The van der Waals surface area contributed by atoms with E-state index in [1.807, 2.05) is 29.6 Å². The molecule has 2 rings (SSSR count). The van der Waals surface area contributed by atoms with Crippen LogP contribution in [-0.4, -0.2) is 17.4 Å². The van der Waals surface area contributed by atoms with Crippen molar-refractivity contribution < 1.29 is 4.79 Å². The van der Waals surface area contributed by atoms with Crippen molar-refractivity contribution in [3.63, 3.8) is 0 Å². The molecule has 0 saturated heterocycles. The van der Waals surface area contributed by atoms with Gasteiger partial charge in [0.15, 0.2) is 0 Å². The molecule has 1 N–H and O–H groups in total. The largest absolute Gasteiger partial charge is 0.355 e. The first kappa shape index (κ1) is 11.8. The predicted molar refractivity (Wildman–Crippen MR) is 69.0 cm³/mol. The smallest absolute Gasteiger partial charge is 0.226 e. The van der Waals surface area contributed by atoms with E-state index < -0.39 is 0 Å². The fourth-order valence-electron chi connectivity index (χ4n) is 1.51. The van der Waals surface area contributed by atoms with Crippen LogP contribution in [0.2, 0.25) is 0 Å². The van der Waals surface area contributed by atoms with Crippen LogP contribution in [0.1, 0.15) is 10.6 Å². The minimum Gasteiger partial charge on any atom is -0.355 e. The Morgan fingerprint density at radius 2 is 2.24 bits per heavy atom. The van der Waals surface area contributed by atoms with Gasteiger partial charge in [-0.25, -0.2) is 0 Å². The van der Waals surface area contributed by atoms with Gasteiger partial charge in [0.2, 0.25) is 5.91 Å². The maximum absolute atomic E-state index is 11.6. The number of thiophene rings is 1. The summed E-state index contributed by atoms with van der Waals surface area (Å²) in [7, 11) is 0. The van der Waals surface area contributed by atoms with Crippen LogP contribution >= 0.6 is 11.3 Å². The van der Waals surface area contributed by atoms with Gasteiger partial charge in [0, 0.05) is 23.3 Å². The zero-order chi connectivity index (χ0) is 11.9. The highest BCUT2D eigenvalue weighted by Crippen LogP contribution is 2.08. The summed E-state index contributed by atoms with van der Waals surface area (Å²) >= 11 is 1.71. The lowest BCUT2D eigenvalue weighted by Crippen LogP contribution is -2.27. The van der Waals surface area contributed by atoms with Gasteiger partial charge in [-0.05, 0) is 30.0 Å². The van der Waals surface area contributed by atoms with E-state index in [1.165, 1.54) is 4.88 Å². The zero-order valence-corrected chi connectivity index (χ0v) is 10.2. The van der Waals surface area contributed by atoms with Gasteiger partial charge >= 0.3 is 0 Å². The van der Waals surface area contributed by atoms with Crippen LogP contribution in [0.25, 0.3) is 0 Å². The molecule has 0 atom stereocenters. The van der Waals surface area contributed by atoms with Crippen molar-refractivity contribution in [3.05, 3.63) is 52.5 Å². The van der Waals surface area contributed by atoms with Crippen molar-refractivity contribution in [1.82, 2.24) is 10.3 Å². The van der Waals surface area contributed by atoms with E-state index in [-0.39, 0.29) is 5.91 Å². The van der Waals surface area contributed by atoms with Gasteiger partial charge in [0.05, 0.1) is 6.42 Å². The van der Waals surface area contributed by atoms with E-state index in [0.29, 0.717) is 13.0 Å². The van der Waals surface area contributed by atoms with E-state index in [2.05, 4.69) is 16.4 Å². The summed E-state index contributed by atoms with van der Waals surface area (Å²) in [5.74, 6) is 0.0280. The lowest BCUT2D eigenvalue weighted by Gasteiger charge is -2.03. The number of rotatable bonds is 5. The Balaban J connectivity index is 1.71. The molecule has 88 valence electrons. The molecule has 0 aliphatic heterocycles. The SMILES string of the molecule is O=C(Cc1ccccn1)NCCc1cccs1. The van der Waals surface area contributed by atoms with Gasteiger partial charge in [-0.3, -0.25) is 9.78 Å². The van der Waals surface area contributed by atoms with Crippen molar-refractivity contribution in [2.45, 2.75) is 12.8 Å². The fraction of sp³-hybridized carbons (Fsp3) is 0.231. The van der Waals surface area contributed by atoms with Crippen LogP contribution in [0.5, 0.6) is 0 Å². The van der Waals surface area contributed by atoms with Crippen LogP contribution in [0.4, 0.5) is 0 Å². The van der Waals surface area contributed by atoms with Crippen LogP contribution < -0.4 is 5.32 Å². The molecule has 4 heteroatoms. The van der Waals surface area contributed by atoms with E-state index >= 15 is 0 Å². The molecule has 0 aromatic carbocycles. The normalized spacial score (nSPS) is 10.1. The molecule has 2 aromatic rings. The summed E-state index contributed by atoms with van der Waals surface area (Å²) in [5, 5.41) is 4.94. The van der Waals surface area contributed by atoms with Gasteiger partial charge in [-0.1, -0.05) is 12.1 Å². The third kappa shape index (κ3) is 4.00. The predicted octanol–water partition coefficient (Wildman–Crippen LogP) is 2.04. The average molecular weight is 246 g/mol. The lowest BCUT2D eigenvalue weighted by atomic mass is 10.2. The summed E-state index contributed by atoms with van der Waals surface area (Å²) in [6.07, 6.45) is 2.95. The first-order valence-corrected chi connectivity index (χ1v) is 6.41. The number of hydrogen-bond donors (Lipinski definition) is 1. The second-order valence-corrected chi connectivity index (χ2v) is 4.71. The number of carbonyl (C=O) groups is 1. The highest BCUT2D eigenvalue weighted by molar-refractivity contribution is 7.09. The lowest BCUT2D eigenvalue weighted by molar-refractivity contribution is -0.120. The van der Waals surface area contributed by atoms with E-state index in [4.69, 9.17) is 0 Å². The molecule has 0 aliphatic rings. The first-order chi connectivity index (χ1) is 8.34. The highest BCUT2D eigenvalue weighted by atomic mass is 32.1. The maximum Gasteiger partial charge on any atom is 0.226 e. The van der Waals surface area contributed by atoms with Crippen LogP contribution in [0.15, 0.2) is 41.9 Å². The standard InChI is InChI=1S/C13H14N2OS/c16-13(10-11-4-1-2-7-14-11)15-8-6-12-5-3-9-17-12/h1-5,7,9H,6,8,10H2,(H,15,16). The van der Waals surface area contributed by atoms with Crippen molar-refractivity contribution in [2.24, 2.45) is 0 Å². The van der Waals surface area contributed by atoms with Crippen molar-refractivity contribution in [3.8, 4) is 0 Å². The molecule has 0 unspecified atom stereocenters. The topological polar surface area (TPSA) is 42.0 Å². The third-order valence-electron chi connectivity index (χ3n) is 2.34. The average Bonchev–Trinajstić information content (AvgIpc) is 2.83. The van der Waals surface area contributed by atoms with Crippen LogP contribution in [0.3, 0.4) is 0 Å². The molecule has 17 heavy (non-hydrogen) atoms. The maximum atomic E-state index is 11.6. The number of carbonyl (C=O) groups excluding carboxylic acids is 1. The Kier molecular flexibility index (Phi) is 4.27. The van der Waals surface area contributed by atoms with Gasteiger partial charge < -0.3 is 5.32 Å². The number of aromatic nitrogens is 1. The zero-order valence-electron chi connectivity index (χ0n) is 9.43. The summed E-state index contributed by atoms with van der Waals surface area (Å²) < 4.78 is 0. The Morgan fingerprint density at radius 1 is 1.29 bits per heavy atom. The van der Waals surface area contributed by atoms with Gasteiger partial charge in [0.1, 0.15) is 0 Å². The van der Waals surface area contributed by atoms with Crippen LogP contribution in [-0.2, 0) is 17.6 Å². The monoisotopic (exact) mass is 246 g/mol. The number of hydrogen-bond acceptors (Lipinski definition) is 3. The summed E-state index contributed by atoms with van der Waals surface area (Å²) in [6, 6.07) is 9.70. The molecule has 0 spiro atoms. The molecule has 2 heterocycles. The van der Waals surface area contributed by atoms with E-state index in [9.17, 15) is 4.79 Å². The molecule has 3 nitrogen and oxygen atoms in total. The molecule has 0 bridgehead atoms. The summed E-state index contributed by atoms with van der Waals surface area (Å²) in [5.41, 5.74) is 0.807. The molecule has 0 fully saturated rings.